The number of fused-ring (bicyclic) bond motifs is 1. The number of alkyl halides is 3. The second kappa shape index (κ2) is 8.71. The van der Waals surface area contributed by atoms with Gasteiger partial charge in [-0.2, -0.15) is 13.2 Å². The molecule has 0 aliphatic heterocycles. The van der Waals surface area contributed by atoms with Gasteiger partial charge in [-0.1, -0.05) is 29.8 Å². The van der Waals surface area contributed by atoms with Crippen LogP contribution in [0.4, 0.5) is 23.2 Å². The highest BCUT2D eigenvalue weighted by atomic mass is 35.5. The Balaban J connectivity index is 1.60. The van der Waals surface area contributed by atoms with Crippen molar-refractivity contribution in [1.82, 2.24) is 9.97 Å². The molecule has 1 amide bonds. The number of H-pyrrole nitrogens is 1. The van der Waals surface area contributed by atoms with Crippen molar-refractivity contribution in [3.63, 3.8) is 0 Å². The maximum Gasteiger partial charge on any atom is 0.416 e. The first kappa shape index (κ1) is 22.5. The molecule has 0 bridgehead atoms. The van der Waals surface area contributed by atoms with Crippen LogP contribution in [-0.2, 0) is 6.18 Å². The van der Waals surface area contributed by atoms with Crippen LogP contribution in [0, 0.1) is 12.7 Å². The van der Waals surface area contributed by atoms with Crippen molar-refractivity contribution < 1.29 is 22.4 Å². The number of hydrogen-bond acceptors (Lipinski definition) is 2. The van der Waals surface area contributed by atoms with Crippen LogP contribution in [0.5, 0.6) is 0 Å². The zero-order valence-electron chi connectivity index (χ0n) is 17.1. The molecule has 9 heteroatoms. The topological polar surface area (TPSA) is 57.8 Å². The number of aryl methyl sites for hydroxylation is 1. The van der Waals surface area contributed by atoms with Gasteiger partial charge in [-0.05, 0) is 54.4 Å². The highest BCUT2D eigenvalue weighted by molar-refractivity contribution is 6.36. The molecule has 0 saturated carbocycles. The van der Waals surface area contributed by atoms with Crippen molar-refractivity contribution >= 4 is 46.4 Å². The molecule has 0 aliphatic carbocycles. The van der Waals surface area contributed by atoms with Crippen molar-refractivity contribution in [2.45, 2.75) is 13.1 Å². The summed E-state index contributed by atoms with van der Waals surface area (Å²) in [4.78, 5) is 19.9. The normalized spacial score (nSPS) is 11.9. The quantitative estimate of drug-likeness (QED) is 0.310. The van der Waals surface area contributed by atoms with Gasteiger partial charge in [0.15, 0.2) is 0 Å². The number of amides is 1. The molecule has 2 heterocycles. The summed E-state index contributed by atoms with van der Waals surface area (Å²) in [7, 11) is 0. The number of hydrogen-bond donors (Lipinski definition) is 2. The molecule has 0 atom stereocenters. The van der Waals surface area contributed by atoms with Gasteiger partial charge >= 0.3 is 6.18 Å². The predicted molar refractivity (Wildman–Crippen MR) is 121 cm³/mol. The molecule has 0 aliphatic rings. The Morgan fingerprint density at radius 2 is 1.85 bits per heavy atom. The van der Waals surface area contributed by atoms with Crippen LogP contribution in [0.3, 0.4) is 0 Å². The van der Waals surface area contributed by atoms with E-state index in [0.29, 0.717) is 40.0 Å². The Bertz CT molecular complexity index is 1390. The van der Waals surface area contributed by atoms with E-state index in [1.54, 1.807) is 36.7 Å². The number of benzene rings is 2. The lowest BCUT2D eigenvalue weighted by molar-refractivity contribution is -0.137. The van der Waals surface area contributed by atoms with Crippen molar-refractivity contribution in [3.05, 3.63) is 93.5 Å². The van der Waals surface area contributed by atoms with Gasteiger partial charge in [-0.3, -0.25) is 4.79 Å². The average molecular weight is 474 g/mol. The van der Waals surface area contributed by atoms with Gasteiger partial charge in [-0.25, -0.2) is 9.37 Å². The molecular weight excluding hydrogens is 458 g/mol. The number of nitrogens with one attached hydrogen (secondary N) is 2. The molecular formula is C24H16ClF4N3O. The van der Waals surface area contributed by atoms with Gasteiger partial charge in [0.1, 0.15) is 11.5 Å². The fourth-order valence-electron chi connectivity index (χ4n) is 3.24. The van der Waals surface area contributed by atoms with Crippen molar-refractivity contribution in [2.75, 3.05) is 5.32 Å². The van der Waals surface area contributed by atoms with E-state index in [1.165, 1.54) is 6.07 Å². The van der Waals surface area contributed by atoms with E-state index in [0.717, 1.165) is 10.9 Å². The highest BCUT2D eigenvalue weighted by Gasteiger charge is 2.31. The summed E-state index contributed by atoms with van der Waals surface area (Å²) in [6.07, 6.45) is 2.18. The van der Waals surface area contributed by atoms with Crippen LogP contribution < -0.4 is 5.32 Å². The second-order valence-electron chi connectivity index (χ2n) is 7.32. The van der Waals surface area contributed by atoms with Crippen molar-refractivity contribution in [2.24, 2.45) is 0 Å². The Morgan fingerprint density at radius 3 is 2.61 bits per heavy atom. The Labute approximate surface area is 190 Å². The summed E-state index contributed by atoms with van der Waals surface area (Å²) < 4.78 is 52.8. The molecule has 4 nitrogen and oxygen atoms in total. The van der Waals surface area contributed by atoms with Crippen LogP contribution >= 0.6 is 11.6 Å². The molecule has 4 rings (SSSR count). The van der Waals surface area contributed by atoms with Crippen molar-refractivity contribution in [3.8, 4) is 0 Å². The van der Waals surface area contributed by atoms with E-state index < -0.39 is 29.2 Å². The van der Waals surface area contributed by atoms with E-state index in [2.05, 4.69) is 15.3 Å². The Kier molecular flexibility index (Phi) is 5.95. The van der Waals surface area contributed by atoms with Crippen LogP contribution in [0.15, 0.2) is 54.9 Å². The maximum absolute atomic E-state index is 14.0. The predicted octanol–water partition coefficient (Wildman–Crippen LogP) is 7.11. The number of anilines is 1. The summed E-state index contributed by atoms with van der Waals surface area (Å²) in [5.41, 5.74) is 1.40. The first-order valence-corrected chi connectivity index (χ1v) is 10.1. The molecule has 0 unspecified atom stereocenters. The van der Waals surface area contributed by atoms with Crippen LogP contribution in [0.2, 0.25) is 5.02 Å². The summed E-state index contributed by atoms with van der Waals surface area (Å²) in [6.45, 7) is 1.84. The largest absolute Gasteiger partial charge is 0.416 e. The summed E-state index contributed by atoms with van der Waals surface area (Å²) in [5.74, 6) is -1.71. The Morgan fingerprint density at radius 1 is 1.09 bits per heavy atom. The van der Waals surface area contributed by atoms with E-state index in [4.69, 9.17) is 11.6 Å². The minimum Gasteiger partial charge on any atom is -0.346 e. The van der Waals surface area contributed by atoms with E-state index >= 15 is 0 Å². The van der Waals surface area contributed by atoms with Crippen LogP contribution in [-0.4, -0.2) is 15.9 Å². The number of pyridine rings is 1. The second-order valence-corrected chi connectivity index (χ2v) is 7.70. The lowest BCUT2D eigenvalue weighted by Gasteiger charge is -2.12. The van der Waals surface area contributed by atoms with Crippen molar-refractivity contribution in [1.29, 1.82) is 0 Å². The molecule has 2 aromatic heterocycles. The highest BCUT2D eigenvalue weighted by Crippen LogP contribution is 2.32. The maximum atomic E-state index is 14.0. The molecule has 2 N–H and O–H groups in total. The SMILES string of the molecule is Cc1ccc(C(=O)Nc2cc(C(F)(F)F)ccc2F)cc1C=Cc1cnc2[nH]ccc2c1Cl. The number of aromatic amines is 1. The number of carbonyl (C=O) groups is 1. The third-order valence-corrected chi connectivity index (χ3v) is 5.50. The number of halogens is 5. The third-order valence-electron chi connectivity index (χ3n) is 5.07. The van der Waals surface area contributed by atoms with Crippen LogP contribution in [0.1, 0.15) is 32.6 Å². The van der Waals surface area contributed by atoms with Gasteiger partial charge in [-0.15, -0.1) is 0 Å². The Hall–Kier alpha value is -3.65. The fourth-order valence-corrected chi connectivity index (χ4v) is 3.50. The van der Waals surface area contributed by atoms with Crippen LogP contribution in [0.25, 0.3) is 23.2 Å². The van der Waals surface area contributed by atoms with E-state index in [1.807, 2.05) is 13.0 Å². The average Bonchev–Trinajstić information content (AvgIpc) is 3.24. The molecule has 168 valence electrons. The number of rotatable bonds is 4. The smallest absolute Gasteiger partial charge is 0.346 e. The standard InChI is InChI=1S/C24H16ClF4N3O/c1-13-2-3-15(23(33)32-20-11-17(24(27,28)29)6-7-19(20)26)10-14(13)4-5-16-12-31-22-18(21(16)25)8-9-30-22/h2-12H,1H3,(H,30,31)(H,32,33). The lowest BCUT2D eigenvalue weighted by Crippen LogP contribution is -2.14. The van der Waals surface area contributed by atoms with E-state index in [9.17, 15) is 22.4 Å². The molecule has 33 heavy (non-hydrogen) atoms. The molecule has 0 fully saturated rings. The summed E-state index contributed by atoms with van der Waals surface area (Å²) in [6, 6.07) is 8.41. The monoisotopic (exact) mass is 473 g/mol. The number of carbonyl (C=O) groups excluding carboxylic acids is 1. The minimum atomic E-state index is -4.66. The minimum absolute atomic E-state index is 0.155. The third kappa shape index (κ3) is 4.75. The number of nitrogens with zero attached hydrogens (tertiary/aromatic N) is 1. The first-order chi connectivity index (χ1) is 15.6. The summed E-state index contributed by atoms with van der Waals surface area (Å²) in [5, 5.41) is 3.50. The van der Waals surface area contributed by atoms with Gasteiger partial charge < -0.3 is 10.3 Å². The lowest BCUT2D eigenvalue weighted by atomic mass is 10.0. The zero-order valence-corrected chi connectivity index (χ0v) is 17.9. The molecule has 0 saturated heterocycles. The first-order valence-electron chi connectivity index (χ1n) is 9.72. The zero-order chi connectivity index (χ0) is 23.8. The molecule has 0 radical (unpaired) electrons. The summed E-state index contributed by atoms with van der Waals surface area (Å²) >= 11 is 6.43. The molecule has 2 aromatic carbocycles. The fraction of sp³-hybridized carbons (Fsp3) is 0.0833. The molecule has 4 aromatic rings. The van der Waals surface area contributed by atoms with Gasteiger partial charge in [0.25, 0.3) is 5.91 Å². The van der Waals surface area contributed by atoms with E-state index in [-0.39, 0.29) is 5.56 Å². The molecule has 0 spiro atoms. The van der Waals surface area contributed by atoms with Gasteiger partial charge in [0.2, 0.25) is 0 Å². The number of aromatic nitrogens is 2. The van der Waals surface area contributed by atoms with Gasteiger partial charge in [0, 0.05) is 28.9 Å². The van der Waals surface area contributed by atoms with Gasteiger partial charge in [0.05, 0.1) is 16.3 Å².